The van der Waals surface area contributed by atoms with Crippen LogP contribution in [0.1, 0.15) is 22.3 Å². The summed E-state index contributed by atoms with van der Waals surface area (Å²) in [6.45, 7) is 0. The summed E-state index contributed by atoms with van der Waals surface area (Å²) in [5.41, 5.74) is 2.36. The lowest BCUT2D eigenvalue weighted by Crippen LogP contribution is -2.63. The SMILES string of the molecule is CN(C)[C@@H]1C(O)=C(C(N)=O)C(=O)C2(O)C(O)=C3C(=O)c4c(O)ccc(I)c4C[C@H]3C[C@@H]12. The molecule has 3 aliphatic carbocycles. The zero-order chi connectivity index (χ0) is 23.0. The molecule has 0 bridgehead atoms. The Bertz CT molecular complexity index is 1120. The molecule has 9 nitrogen and oxygen atoms in total. The van der Waals surface area contributed by atoms with Gasteiger partial charge in [-0.15, -0.1) is 0 Å². The molecule has 1 unspecified atom stereocenters. The number of hydrogen-bond acceptors (Lipinski definition) is 8. The largest absolute Gasteiger partial charge is 0.510 e. The molecule has 4 atom stereocenters. The number of Topliss-reactive ketones (excluding diaryl/α,β-unsaturated/α-hetero) is 2. The Labute approximate surface area is 191 Å². The van der Waals surface area contributed by atoms with E-state index in [1.54, 1.807) is 20.2 Å². The molecule has 10 heteroatoms. The predicted molar refractivity (Wildman–Crippen MR) is 116 cm³/mol. The van der Waals surface area contributed by atoms with E-state index in [0.29, 0.717) is 12.0 Å². The third-order valence-electron chi connectivity index (χ3n) is 6.55. The Kier molecular flexibility index (Phi) is 4.94. The number of fused-ring (bicyclic) bond motifs is 3. The second-order valence-electron chi connectivity index (χ2n) is 8.38. The van der Waals surface area contributed by atoms with E-state index < -0.39 is 58.0 Å². The molecule has 0 saturated heterocycles. The number of halogens is 1. The highest BCUT2D eigenvalue weighted by Crippen LogP contribution is 2.52. The average molecular weight is 540 g/mol. The van der Waals surface area contributed by atoms with Gasteiger partial charge in [-0.05, 0) is 73.1 Å². The van der Waals surface area contributed by atoms with Crippen molar-refractivity contribution in [1.29, 1.82) is 0 Å². The Morgan fingerprint density at radius 1 is 1.23 bits per heavy atom. The van der Waals surface area contributed by atoms with E-state index in [1.807, 2.05) is 0 Å². The number of rotatable bonds is 2. The number of aliphatic hydroxyl groups excluding tert-OH is 2. The lowest BCUT2D eigenvalue weighted by atomic mass is 9.58. The number of carbonyl (C=O) groups is 3. The zero-order valence-electron chi connectivity index (χ0n) is 16.7. The Morgan fingerprint density at radius 3 is 2.45 bits per heavy atom. The van der Waals surface area contributed by atoms with E-state index in [2.05, 4.69) is 22.6 Å². The summed E-state index contributed by atoms with van der Waals surface area (Å²) in [4.78, 5) is 39.8. The fourth-order valence-electron chi connectivity index (χ4n) is 5.21. The van der Waals surface area contributed by atoms with Crippen LogP contribution in [0.5, 0.6) is 5.75 Å². The number of amides is 1. The quantitative estimate of drug-likeness (QED) is 0.271. The van der Waals surface area contributed by atoms with Gasteiger partial charge < -0.3 is 26.2 Å². The van der Waals surface area contributed by atoms with Crippen LogP contribution in [0.2, 0.25) is 0 Å². The number of phenols is 1. The van der Waals surface area contributed by atoms with Crippen molar-refractivity contribution < 1.29 is 34.8 Å². The summed E-state index contributed by atoms with van der Waals surface area (Å²) in [6.07, 6.45) is 0.374. The molecular formula is C21H21IN2O7. The maximum absolute atomic E-state index is 13.3. The number of carbonyl (C=O) groups excluding carboxylic acids is 3. The molecule has 1 aromatic rings. The minimum atomic E-state index is -2.61. The molecular weight excluding hydrogens is 519 g/mol. The number of hydrogen-bond donors (Lipinski definition) is 5. The molecule has 31 heavy (non-hydrogen) atoms. The molecule has 164 valence electrons. The van der Waals surface area contributed by atoms with E-state index in [9.17, 15) is 34.8 Å². The first-order valence-electron chi connectivity index (χ1n) is 9.58. The number of ketones is 2. The van der Waals surface area contributed by atoms with Crippen LogP contribution < -0.4 is 5.73 Å². The number of primary amides is 1. The number of nitrogens with zero attached hydrogens (tertiary/aromatic N) is 1. The number of aliphatic hydroxyl groups is 3. The first-order valence-corrected chi connectivity index (χ1v) is 10.7. The summed E-state index contributed by atoms with van der Waals surface area (Å²) in [7, 11) is 3.18. The van der Waals surface area contributed by atoms with Gasteiger partial charge in [-0.3, -0.25) is 19.3 Å². The van der Waals surface area contributed by atoms with Crippen molar-refractivity contribution in [2.45, 2.75) is 24.5 Å². The number of likely N-dealkylation sites (N-methyl/N-ethyl adjacent to an activating group) is 1. The molecule has 6 N–H and O–H groups in total. The van der Waals surface area contributed by atoms with Crippen LogP contribution in [0, 0.1) is 15.4 Å². The highest BCUT2D eigenvalue weighted by atomic mass is 127. The van der Waals surface area contributed by atoms with Gasteiger partial charge >= 0.3 is 0 Å². The Balaban J connectivity index is 1.98. The molecule has 3 aliphatic rings. The van der Waals surface area contributed by atoms with Gasteiger partial charge in [0, 0.05) is 15.1 Å². The number of benzene rings is 1. The fourth-order valence-corrected chi connectivity index (χ4v) is 5.88. The van der Waals surface area contributed by atoms with Crippen LogP contribution in [0.4, 0.5) is 0 Å². The van der Waals surface area contributed by atoms with E-state index in [-0.39, 0.29) is 23.3 Å². The van der Waals surface area contributed by atoms with Crippen LogP contribution >= 0.6 is 22.6 Å². The van der Waals surface area contributed by atoms with Gasteiger partial charge in [0.05, 0.1) is 11.6 Å². The monoisotopic (exact) mass is 540 g/mol. The lowest BCUT2D eigenvalue weighted by Gasteiger charge is -2.50. The second kappa shape index (κ2) is 7.04. The van der Waals surface area contributed by atoms with E-state index in [0.717, 1.165) is 3.57 Å². The maximum Gasteiger partial charge on any atom is 0.255 e. The van der Waals surface area contributed by atoms with Crippen LogP contribution in [-0.4, -0.2) is 68.5 Å². The molecule has 4 rings (SSSR count). The standard InChI is InChI=1S/C21H21IN2O7/c1-24(2)15-9-6-7-5-8-10(22)3-4-11(25)13(8)16(26)12(7)18(28)21(9,31)19(29)14(17(15)27)20(23)30/h3-4,7,9,15,25,27-28,31H,5-6H2,1-2H3,(H2,23,30)/t7-,9-,15-,21?/m0/s1. The third kappa shape index (κ3) is 2.77. The second-order valence-corrected chi connectivity index (χ2v) is 9.55. The normalized spacial score (nSPS) is 30.3. The van der Waals surface area contributed by atoms with Crippen molar-refractivity contribution in [3.8, 4) is 5.75 Å². The van der Waals surface area contributed by atoms with Gasteiger partial charge in [0.15, 0.2) is 11.4 Å². The molecule has 1 aromatic carbocycles. The van der Waals surface area contributed by atoms with E-state index in [4.69, 9.17) is 5.73 Å². The molecule has 0 aliphatic heterocycles. The van der Waals surface area contributed by atoms with Crippen molar-refractivity contribution in [2.75, 3.05) is 14.1 Å². The highest BCUT2D eigenvalue weighted by molar-refractivity contribution is 14.1. The first kappa shape index (κ1) is 21.8. The number of allylic oxidation sites excluding steroid dienone is 1. The molecule has 0 heterocycles. The van der Waals surface area contributed by atoms with Crippen LogP contribution in [0.3, 0.4) is 0 Å². The first-order chi connectivity index (χ1) is 14.4. The van der Waals surface area contributed by atoms with Crippen molar-refractivity contribution >= 4 is 40.1 Å². The minimum absolute atomic E-state index is 0.0210. The predicted octanol–water partition coefficient (Wildman–Crippen LogP) is 0.725. The molecule has 0 aromatic heterocycles. The summed E-state index contributed by atoms with van der Waals surface area (Å²) in [5, 5.41) is 43.5. The van der Waals surface area contributed by atoms with Crippen LogP contribution in [0.25, 0.3) is 0 Å². The smallest absolute Gasteiger partial charge is 0.255 e. The summed E-state index contributed by atoms with van der Waals surface area (Å²) < 4.78 is 0.765. The summed E-state index contributed by atoms with van der Waals surface area (Å²) >= 11 is 2.06. The topological polar surface area (TPSA) is 161 Å². The van der Waals surface area contributed by atoms with Gasteiger partial charge in [0.1, 0.15) is 22.8 Å². The molecule has 0 spiro atoms. The van der Waals surface area contributed by atoms with Crippen LogP contribution in [0.15, 0.2) is 34.8 Å². The Morgan fingerprint density at radius 2 is 1.87 bits per heavy atom. The van der Waals surface area contributed by atoms with Crippen molar-refractivity contribution in [1.82, 2.24) is 4.90 Å². The van der Waals surface area contributed by atoms with Gasteiger partial charge in [-0.1, -0.05) is 0 Å². The summed E-state index contributed by atoms with van der Waals surface area (Å²) in [5.74, 6) is -6.43. The molecule has 0 radical (unpaired) electrons. The number of nitrogens with two attached hydrogens (primary N) is 1. The summed E-state index contributed by atoms with van der Waals surface area (Å²) in [6, 6.07) is 2.06. The molecule has 1 amide bonds. The molecule has 0 fully saturated rings. The minimum Gasteiger partial charge on any atom is -0.510 e. The maximum atomic E-state index is 13.3. The highest BCUT2D eigenvalue weighted by Gasteiger charge is 2.63. The van der Waals surface area contributed by atoms with Gasteiger partial charge in [0.2, 0.25) is 5.78 Å². The average Bonchev–Trinajstić information content (AvgIpc) is 2.67. The lowest BCUT2D eigenvalue weighted by molar-refractivity contribution is -0.148. The van der Waals surface area contributed by atoms with Gasteiger partial charge in [0.25, 0.3) is 5.91 Å². The van der Waals surface area contributed by atoms with Crippen molar-refractivity contribution in [3.63, 3.8) is 0 Å². The van der Waals surface area contributed by atoms with Crippen molar-refractivity contribution in [3.05, 3.63) is 49.5 Å². The number of phenolic OH excluding ortho intramolecular Hbond substituents is 1. The molecule has 0 saturated carbocycles. The Hall–Kier alpha value is -2.44. The van der Waals surface area contributed by atoms with E-state index >= 15 is 0 Å². The van der Waals surface area contributed by atoms with Crippen LogP contribution in [-0.2, 0) is 16.0 Å². The zero-order valence-corrected chi connectivity index (χ0v) is 18.9. The van der Waals surface area contributed by atoms with E-state index in [1.165, 1.54) is 11.0 Å². The fraction of sp³-hybridized carbons (Fsp3) is 0.381. The number of aromatic hydroxyl groups is 1. The van der Waals surface area contributed by atoms with Crippen molar-refractivity contribution in [2.24, 2.45) is 17.6 Å². The third-order valence-corrected chi connectivity index (χ3v) is 7.56. The van der Waals surface area contributed by atoms with Gasteiger partial charge in [-0.2, -0.15) is 0 Å². The van der Waals surface area contributed by atoms with Gasteiger partial charge in [-0.25, -0.2) is 0 Å².